The number of carbonyl (C=O) groups excluding carboxylic acids is 2. The second kappa shape index (κ2) is 16.0. The molecule has 5 N–H and O–H groups in total. The van der Waals surface area contributed by atoms with Crippen LogP contribution in [0.25, 0.3) is 38.7 Å². The molecule has 2 aliphatic heterocycles. The van der Waals surface area contributed by atoms with E-state index >= 15 is 0 Å². The smallest absolute Gasteiger partial charge is 0.307 e. The van der Waals surface area contributed by atoms with Gasteiger partial charge in [0.2, 0.25) is 5.43 Å². The minimum atomic E-state index is -1.95. The molecule has 59 heavy (non-hydrogen) atoms. The molecule has 314 valence electrons. The molecule has 3 aromatic carbocycles. The largest absolute Gasteiger partial charge is 0.507 e. The first kappa shape index (κ1) is 42.7. The summed E-state index contributed by atoms with van der Waals surface area (Å²) in [5.41, 5.74) is -2.67. The number of nitrogens with zero attached hydrogens (tertiary/aromatic N) is 1. The number of hydrogen-bond donors (Lipinski definition) is 5. The Morgan fingerprint density at radius 2 is 1.63 bits per heavy atom. The second-order valence-electron chi connectivity index (χ2n) is 15.9. The van der Waals surface area contributed by atoms with Gasteiger partial charge in [0.05, 0.1) is 29.1 Å². The summed E-state index contributed by atoms with van der Waals surface area (Å²) in [5.74, 6) is -6.36. The van der Waals surface area contributed by atoms with E-state index in [1.807, 2.05) is 34.6 Å². The topological polar surface area (TPSA) is 224 Å². The highest BCUT2D eigenvalue weighted by atomic mass is 16.7. The van der Waals surface area contributed by atoms with E-state index in [0.717, 1.165) is 12.1 Å². The number of phenolic OH excluding ortho intramolecular Hbond substituents is 2. The Labute approximate surface area is 339 Å². The number of nitrogens with one attached hydrogen (secondary N) is 1. The van der Waals surface area contributed by atoms with Crippen molar-refractivity contribution in [2.45, 2.75) is 86.4 Å². The van der Waals surface area contributed by atoms with Crippen LogP contribution in [-0.4, -0.2) is 68.5 Å². The summed E-state index contributed by atoms with van der Waals surface area (Å²) in [7, 11) is 1.49. The fraction of sp³-hybridized carbons (Fsp3) is 0.432. The number of aromatic nitrogens is 1. The number of aromatic hydroxyl groups is 2. The summed E-state index contributed by atoms with van der Waals surface area (Å²) < 4.78 is 30.1. The highest BCUT2D eigenvalue weighted by Crippen LogP contribution is 2.42. The van der Waals surface area contributed by atoms with E-state index in [2.05, 4.69) is 10.3 Å². The van der Waals surface area contributed by atoms with Gasteiger partial charge in [0.25, 0.3) is 5.91 Å². The Morgan fingerprint density at radius 1 is 0.932 bits per heavy atom. The summed E-state index contributed by atoms with van der Waals surface area (Å²) in [5, 5.41) is 47.9. The Kier molecular flexibility index (Phi) is 11.6. The van der Waals surface area contributed by atoms with E-state index < -0.39 is 75.7 Å². The van der Waals surface area contributed by atoms with Crippen LogP contribution in [-0.2, 0) is 23.8 Å². The molecule has 6 rings (SSSR count). The van der Waals surface area contributed by atoms with Gasteiger partial charge in [0.1, 0.15) is 40.1 Å². The number of amides is 1. The lowest BCUT2D eigenvalue weighted by Gasteiger charge is -2.39. The van der Waals surface area contributed by atoms with Crippen LogP contribution in [0.3, 0.4) is 0 Å². The first-order valence-corrected chi connectivity index (χ1v) is 19.4. The van der Waals surface area contributed by atoms with E-state index in [-0.39, 0.29) is 78.7 Å². The molecule has 9 atom stereocenters. The lowest BCUT2D eigenvalue weighted by molar-refractivity contribution is -0.157. The minimum absolute atomic E-state index is 0.0497. The summed E-state index contributed by atoms with van der Waals surface area (Å²) in [6, 6.07) is 1.98. The maximum absolute atomic E-state index is 14.5. The van der Waals surface area contributed by atoms with Gasteiger partial charge in [-0.1, -0.05) is 52.8 Å². The zero-order valence-corrected chi connectivity index (χ0v) is 34.6. The third kappa shape index (κ3) is 7.48. The number of carbonyl (C=O) groups is 2. The molecule has 0 radical (unpaired) electrons. The van der Waals surface area contributed by atoms with Gasteiger partial charge in [0, 0.05) is 61.4 Å². The summed E-state index contributed by atoms with van der Waals surface area (Å²) >= 11 is 0. The van der Waals surface area contributed by atoms with Crippen LogP contribution in [0, 0.1) is 36.5 Å². The maximum Gasteiger partial charge on any atom is 0.307 e. The van der Waals surface area contributed by atoms with Crippen molar-refractivity contribution in [2.75, 3.05) is 12.4 Å². The molecular formula is C44H50N2O13. The predicted octanol–water partition coefficient (Wildman–Crippen LogP) is 5.54. The number of fused-ring (bicyclic) bond motifs is 2. The van der Waals surface area contributed by atoms with Crippen LogP contribution in [0.4, 0.5) is 5.69 Å². The Bertz CT molecular complexity index is 2650. The molecule has 15 heteroatoms. The van der Waals surface area contributed by atoms with E-state index in [9.17, 15) is 39.6 Å². The molecule has 4 aromatic rings. The van der Waals surface area contributed by atoms with Crippen molar-refractivity contribution in [2.24, 2.45) is 29.6 Å². The van der Waals surface area contributed by atoms with Crippen molar-refractivity contribution in [3.8, 4) is 17.2 Å². The third-order valence-electron chi connectivity index (χ3n) is 12.0. The number of aliphatic hydroxyl groups is 2. The van der Waals surface area contributed by atoms with E-state index in [4.69, 9.17) is 23.4 Å². The summed E-state index contributed by atoms with van der Waals surface area (Å²) in [4.78, 5) is 57.7. The number of rotatable bonds is 2. The van der Waals surface area contributed by atoms with Gasteiger partial charge in [-0.05, 0) is 37.7 Å². The van der Waals surface area contributed by atoms with Crippen molar-refractivity contribution in [3.63, 3.8) is 0 Å². The van der Waals surface area contributed by atoms with Crippen molar-refractivity contribution in [3.05, 3.63) is 79.5 Å². The van der Waals surface area contributed by atoms with Crippen LogP contribution in [0.5, 0.6) is 17.2 Å². The van der Waals surface area contributed by atoms with Gasteiger partial charge in [0.15, 0.2) is 22.4 Å². The number of ether oxygens (including phenoxy) is 4. The maximum atomic E-state index is 14.5. The van der Waals surface area contributed by atoms with Crippen LogP contribution in [0.2, 0.25) is 0 Å². The van der Waals surface area contributed by atoms with Gasteiger partial charge < -0.3 is 49.1 Å². The SMILES string of the molecule is CO[C@H]1/C=C/O[C@@]2(C)Oc3c(C)c(O)c4c(=O)c(c5oc6cc(=O)cc(O)c6nc5c4c3=C2O)NC(=O)/C(C)=C\C=C\[C@H](C)[C@H](O)[C@@H](C)[C@@H](C)[C@@H](C)[C@H](OC(C)=O)[C@@H]1C. The number of aliphatic hydroxyl groups excluding tert-OH is 2. The number of hydrogen-bond acceptors (Lipinski definition) is 14. The average molecular weight is 815 g/mol. The predicted molar refractivity (Wildman–Crippen MR) is 220 cm³/mol. The molecule has 1 aromatic heterocycles. The summed E-state index contributed by atoms with van der Waals surface area (Å²) in [6.07, 6.45) is 5.51. The fourth-order valence-corrected chi connectivity index (χ4v) is 8.09. The summed E-state index contributed by atoms with van der Waals surface area (Å²) in [6.45, 7) is 15.3. The van der Waals surface area contributed by atoms with Crippen LogP contribution in [0.1, 0.15) is 61.0 Å². The number of methoxy groups -OCH3 is 1. The first-order valence-electron chi connectivity index (χ1n) is 19.4. The highest BCUT2D eigenvalue weighted by Gasteiger charge is 2.44. The number of benzene rings is 3. The molecule has 3 heterocycles. The standard InChI is InChI=1S/C44H50N2O13/c1-18-12-11-13-19(2)43(54)46-35-38(52)31-30(34-41(35)58-29-17-26(48)16-27(49)33(29)45-34)32-40(24(7)37(31)51)59-44(9,42(32)53)56-15-14-28(55-10)23(6)39(57-25(8)47)22(5)20(3)21(4)36(18)50/h11-18,20-23,28,36,39,49-51,53H,1-10H3,(H,46,54)/b12-11+,15-14+,19-13-/t18-,20+,21-,22+,23+,28-,36-,39-,44-/m0/s1. The van der Waals surface area contributed by atoms with Gasteiger partial charge in [-0.2, -0.15) is 0 Å². The minimum Gasteiger partial charge on any atom is -0.507 e. The molecular weight excluding hydrogens is 764 g/mol. The van der Waals surface area contributed by atoms with Crippen molar-refractivity contribution >= 4 is 56.3 Å². The van der Waals surface area contributed by atoms with Gasteiger partial charge >= 0.3 is 11.8 Å². The molecule has 0 saturated heterocycles. The lowest BCUT2D eigenvalue weighted by Crippen LogP contribution is -2.43. The zero-order chi connectivity index (χ0) is 43.4. The molecule has 0 fully saturated rings. The third-order valence-corrected chi connectivity index (χ3v) is 12.0. The van der Waals surface area contributed by atoms with Crippen molar-refractivity contribution in [1.29, 1.82) is 0 Å². The van der Waals surface area contributed by atoms with Crippen molar-refractivity contribution in [1.82, 2.24) is 4.98 Å². The Balaban J connectivity index is 1.64. The molecule has 2 aliphatic rings. The zero-order valence-electron chi connectivity index (χ0n) is 34.6. The van der Waals surface area contributed by atoms with Crippen LogP contribution < -0.4 is 26.1 Å². The Hall–Kier alpha value is -5.93. The molecule has 15 nitrogen and oxygen atoms in total. The van der Waals surface area contributed by atoms with E-state index in [0.29, 0.717) is 0 Å². The van der Waals surface area contributed by atoms with E-state index in [1.165, 1.54) is 47.1 Å². The van der Waals surface area contributed by atoms with Gasteiger partial charge in [-0.15, -0.1) is 0 Å². The van der Waals surface area contributed by atoms with Gasteiger partial charge in [-0.3, -0.25) is 19.2 Å². The Morgan fingerprint density at radius 3 is 2.29 bits per heavy atom. The molecule has 0 saturated carbocycles. The fourth-order valence-electron chi connectivity index (χ4n) is 8.09. The van der Waals surface area contributed by atoms with Crippen LogP contribution >= 0.6 is 0 Å². The number of phenols is 2. The second-order valence-corrected chi connectivity index (χ2v) is 15.9. The quantitative estimate of drug-likeness (QED) is 0.0952. The van der Waals surface area contributed by atoms with Crippen LogP contribution in [0.15, 0.2) is 62.3 Å². The number of allylic oxidation sites excluding steroid dienone is 2. The van der Waals surface area contributed by atoms with Gasteiger partial charge in [-0.25, -0.2) is 4.98 Å². The first-order chi connectivity index (χ1) is 27.7. The number of esters is 1. The number of anilines is 1. The lowest BCUT2D eigenvalue weighted by atomic mass is 9.73. The molecule has 0 spiro atoms. The average Bonchev–Trinajstić information content (AvgIpc) is 3.45. The van der Waals surface area contributed by atoms with Crippen molar-refractivity contribution < 1.29 is 53.4 Å². The molecule has 1 amide bonds. The highest BCUT2D eigenvalue weighted by molar-refractivity contribution is 6.17. The normalized spacial score (nSPS) is 30.1. The molecule has 0 unspecified atom stereocenters. The van der Waals surface area contributed by atoms with E-state index in [1.54, 1.807) is 18.2 Å². The molecule has 0 aliphatic carbocycles. The monoisotopic (exact) mass is 814 g/mol. The molecule has 4 bridgehead atoms.